The molecule has 0 amide bonds. The molecule has 6 heteroatoms. The fourth-order valence-corrected chi connectivity index (χ4v) is 5.94. The third-order valence-corrected chi connectivity index (χ3v) is 7.56. The molecule has 6 nitrogen and oxygen atoms in total. The summed E-state index contributed by atoms with van der Waals surface area (Å²) in [5.74, 6) is -1.30. The summed E-state index contributed by atoms with van der Waals surface area (Å²) in [5.41, 5.74) is 3.41. The summed E-state index contributed by atoms with van der Waals surface area (Å²) in [4.78, 5) is 41.6. The van der Waals surface area contributed by atoms with E-state index in [1.54, 1.807) is 6.07 Å². The van der Waals surface area contributed by atoms with Crippen LogP contribution in [0.2, 0.25) is 0 Å². The Morgan fingerprint density at radius 1 is 0.737 bits per heavy atom. The van der Waals surface area contributed by atoms with Crippen LogP contribution in [0, 0.1) is 16.0 Å². The van der Waals surface area contributed by atoms with E-state index < -0.39 is 22.8 Å². The zero-order chi connectivity index (χ0) is 26.2. The van der Waals surface area contributed by atoms with Crippen molar-refractivity contribution >= 4 is 29.0 Å². The topological polar surface area (TPSA) is 80.5 Å². The summed E-state index contributed by atoms with van der Waals surface area (Å²) in [6.45, 7) is 0. The first-order valence-corrected chi connectivity index (χ1v) is 12.5. The normalized spacial score (nSPS) is 21.4. The van der Waals surface area contributed by atoms with Crippen molar-refractivity contribution in [1.29, 1.82) is 0 Å². The van der Waals surface area contributed by atoms with Crippen LogP contribution in [0.1, 0.15) is 37.8 Å². The predicted molar refractivity (Wildman–Crippen MR) is 146 cm³/mol. The van der Waals surface area contributed by atoms with Crippen molar-refractivity contribution in [1.82, 2.24) is 0 Å². The molecule has 2 heterocycles. The number of hydrogen-bond donors (Lipinski definition) is 0. The molecule has 4 atom stereocenters. The van der Waals surface area contributed by atoms with Crippen LogP contribution in [-0.4, -0.2) is 28.6 Å². The number of nitro groups is 1. The lowest BCUT2D eigenvalue weighted by Gasteiger charge is -2.35. The molecule has 0 radical (unpaired) electrons. The lowest BCUT2D eigenvalue weighted by Crippen LogP contribution is -2.43. The molecule has 1 fully saturated rings. The Morgan fingerprint density at radius 2 is 1.39 bits per heavy atom. The highest BCUT2D eigenvalue weighted by molar-refractivity contribution is 6.07. The van der Waals surface area contributed by atoms with Gasteiger partial charge in [0.25, 0.3) is 5.69 Å². The van der Waals surface area contributed by atoms with Crippen molar-refractivity contribution < 1.29 is 14.5 Å². The van der Waals surface area contributed by atoms with E-state index in [0.29, 0.717) is 5.56 Å². The molecule has 1 saturated heterocycles. The van der Waals surface area contributed by atoms with Gasteiger partial charge in [-0.25, -0.2) is 0 Å². The second-order valence-electron chi connectivity index (χ2n) is 9.62. The molecular weight excluding hydrogens is 476 g/mol. The van der Waals surface area contributed by atoms with E-state index in [1.807, 2.05) is 97.1 Å². The molecule has 0 unspecified atom stereocenters. The number of Topliss-reactive ketones (excluding diaryl/α,β-unsaturated/α-hetero) is 2. The van der Waals surface area contributed by atoms with Crippen molar-refractivity contribution in [3.05, 3.63) is 148 Å². The maximum Gasteiger partial charge on any atom is 0.270 e. The average Bonchev–Trinajstić information content (AvgIpc) is 3.33. The molecular formula is C32H24N2O4. The van der Waals surface area contributed by atoms with Crippen molar-refractivity contribution in [3.8, 4) is 0 Å². The molecule has 0 saturated carbocycles. The van der Waals surface area contributed by atoms with Gasteiger partial charge in [0.05, 0.1) is 16.9 Å². The fraction of sp³-hybridized carbons (Fsp3) is 0.125. The van der Waals surface area contributed by atoms with Crippen molar-refractivity contribution in [2.75, 3.05) is 4.90 Å². The van der Waals surface area contributed by atoms with Gasteiger partial charge in [-0.15, -0.1) is 0 Å². The van der Waals surface area contributed by atoms with Crippen molar-refractivity contribution in [2.24, 2.45) is 5.92 Å². The second-order valence-corrected chi connectivity index (χ2v) is 9.62. The van der Waals surface area contributed by atoms with Crippen LogP contribution >= 0.6 is 0 Å². The summed E-state index contributed by atoms with van der Waals surface area (Å²) in [5, 5.41) is 11.5. The number of nitrogens with zero attached hydrogens (tertiary/aromatic N) is 2. The maximum absolute atomic E-state index is 14.4. The van der Waals surface area contributed by atoms with Crippen LogP contribution in [0.5, 0.6) is 0 Å². The number of anilines is 1. The highest BCUT2D eigenvalue weighted by atomic mass is 16.6. The van der Waals surface area contributed by atoms with Crippen molar-refractivity contribution in [3.63, 3.8) is 0 Å². The number of para-hydroxylation sites is 1. The standard InChI is InChI=1S/C32H24N2O4/c35-31(23-13-5-2-6-14-23)29-27-19-18-21-10-7-8-17-26(21)33(27)30(28(29)22-11-3-1-4-12-22)32(36)24-15-9-16-25(20-24)34(37)38/h1-20,27-30H/t27-,28+,29-,30+/m0/s1. The molecule has 0 spiro atoms. The Balaban J connectivity index is 1.57. The van der Waals surface area contributed by atoms with Crippen molar-refractivity contribution in [2.45, 2.75) is 18.0 Å². The number of carbonyl (C=O) groups is 2. The first-order chi connectivity index (χ1) is 18.5. The Kier molecular flexibility index (Phi) is 5.92. The summed E-state index contributed by atoms with van der Waals surface area (Å²) < 4.78 is 0. The number of carbonyl (C=O) groups excluding carboxylic acids is 2. The summed E-state index contributed by atoms with van der Waals surface area (Å²) in [7, 11) is 0. The first kappa shape index (κ1) is 23.6. The van der Waals surface area contributed by atoms with Gasteiger partial charge in [-0.1, -0.05) is 103 Å². The van der Waals surface area contributed by atoms with E-state index in [9.17, 15) is 19.7 Å². The van der Waals surface area contributed by atoms with E-state index in [1.165, 1.54) is 18.2 Å². The van der Waals surface area contributed by atoms with Crippen LogP contribution in [0.25, 0.3) is 6.08 Å². The van der Waals surface area contributed by atoms with E-state index in [2.05, 4.69) is 4.90 Å². The fourth-order valence-electron chi connectivity index (χ4n) is 5.94. The SMILES string of the molecule is O=C(c1ccccc1)[C@@H]1[C@@H](c2ccccc2)[C@H](C(=O)c2cccc([N+](=O)[O-])c2)N2c3ccccc3C=C[C@@H]12. The Morgan fingerprint density at radius 3 is 2.13 bits per heavy atom. The van der Waals surface area contributed by atoms with Gasteiger partial charge in [-0.05, 0) is 17.2 Å². The Bertz CT molecular complexity index is 1560. The van der Waals surface area contributed by atoms with E-state index >= 15 is 0 Å². The summed E-state index contributed by atoms with van der Waals surface area (Å²) in [6, 6.07) is 31.4. The van der Waals surface area contributed by atoms with Gasteiger partial charge in [-0.3, -0.25) is 19.7 Å². The number of non-ortho nitro benzene ring substituents is 1. The van der Waals surface area contributed by atoms with E-state index in [-0.39, 0.29) is 28.9 Å². The number of hydrogen-bond acceptors (Lipinski definition) is 5. The van der Waals surface area contributed by atoms with Gasteiger partial charge in [0, 0.05) is 34.9 Å². The summed E-state index contributed by atoms with van der Waals surface area (Å²) >= 11 is 0. The zero-order valence-corrected chi connectivity index (χ0v) is 20.4. The van der Waals surface area contributed by atoms with Crippen LogP contribution in [-0.2, 0) is 0 Å². The highest BCUT2D eigenvalue weighted by Crippen LogP contribution is 2.50. The number of nitro benzene ring substituents is 1. The third-order valence-electron chi connectivity index (χ3n) is 7.56. The molecule has 4 aromatic carbocycles. The maximum atomic E-state index is 14.4. The number of ketones is 2. The minimum atomic E-state index is -0.742. The minimum Gasteiger partial charge on any atom is -0.353 e. The van der Waals surface area contributed by atoms with Gasteiger partial charge < -0.3 is 4.90 Å². The average molecular weight is 501 g/mol. The van der Waals surface area contributed by atoms with E-state index in [4.69, 9.17) is 0 Å². The summed E-state index contributed by atoms with van der Waals surface area (Å²) in [6.07, 6.45) is 4.04. The molecule has 4 aromatic rings. The van der Waals surface area contributed by atoms with Crippen LogP contribution in [0.15, 0.2) is 115 Å². The van der Waals surface area contributed by atoms with Gasteiger partial charge in [0.2, 0.25) is 0 Å². The number of rotatable bonds is 6. The molecule has 0 aliphatic carbocycles. The molecule has 2 aliphatic rings. The predicted octanol–water partition coefficient (Wildman–Crippen LogP) is 6.34. The van der Waals surface area contributed by atoms with E-state index in [0.717, 1.165) is 16.8 Å². The molecule has 0 aromatic heterocycles. The van der Waals surface area contributed by atoms with Gasteiger partial charge >= 0.3 is 0 Å². The molecule has 186 valence electrons. The first-order valence-electron chi connectivity index (χ1n) is 12.5. The largest absolute Gasteiger partial charge is 0.353 e. The van der Waals surface area contributed by atoms with Gasteiger partial charge in [0.1, 0.15) is 6.04 Å². The quantitative estimate of drug-likeness (QED) is 0.175. The smallest absolute Gasteiger partial charge is 0.270 e. The van der Waals surface area contributed by atoms with Crippen LogP contribution in [0.4, 0.5) is 11.4 Å². The van der Waals surface area contributed by atoms with Gasteiger partial charge in [0.15, 0.2) is 11.6 Å². The third kappa shape index (κ3) is 3.91. The molecule has 6 rings (SSSR count). The molecule has 0 N–H and O–H groups in total. The Labute approximate surface area is 220 Å². The second kappa shape index (κ2) is 9.56. The zero-order valence-electron chi connectivity index (χ0n) is 20.4. The monoisotopic (exact) mass is 500 g/mol. The minimum absolute atomic E-state index is 0.0344. The number of benzene rings is 4. The lowest BCUT2D eigenvalue weighted by atomic mass is 9.76. The highest BCUT2D eigenvalue weighted by Gasteiger charge is 2.55. The molecule has 38 heavy (non-hydrogen) atoms. The molecule has 0 bridgehead atoms. The van der Waals surface area contributed by atoms with Gasteiger partial charge in [-0.2, -0.15) is 0 Å². The Hall–Kier alpha value is -4.84. The molecule has 2 aliphatic heterocycles. The lowest BCUT2D eigenvalue weighted by molar-refractivity contribution is -0.384. The van der Waals surface area contributed by atoms with Crippen LogP contribution in [0.3, 0.4) is 0 Å². The van der Waals surface area contributed by atoms with Crippen LogP contribution < -0.4 is 4.90 Å². The number of fused-ring (bicyclic) bond motifs is 3.